The van der Waals surface area contributed by atoms with Crippen molar-refractivity contribution in [3.8, 4) is 0 Å². The summed E-state index contributed by atoms with van der Waals surface area (Å²) in [6.45, 7) is 4.19. The molecule has 26 heavy (non-hydrogen) atoms. The molecular formula is C19H27ClFN3O2. The number of ether oxygens (including phenoxy) is 1. The first-order valence-corrected chi connectivity index (χ1v) is 9.54. The lowest BCUT2D eigenvalue weighted by Gasteiger charge is -2.31. The van der Waals surface area contributed by atoms with E-state index in [9.17, 15) is 9.18 Å². The molecule has 2 aliphatic rings. The Bertz CT molecular complexity index is 637. The van der Waals surface area contributed by atoms with Gasteiger partial charge in [0.1, 0.15) is 5.82 Å². The molecule has 7 heteroatoms. The standard InChI is InChI=1S/C19H27ClFN3O2/c1-23(2)10-13-11-24(15-5-7-26-8-6-15)12-18(13)22-19(25)16-9-14(20)3-4-17(16)21/h3-4,9,13,15,18H,5-8,10-12H2,1-2H3,(H,22,25)/t13-,18-/m1/s1. The molecule has 1 aromatic rings. The highest BCUT2D eigenvalue weighted by Gasteiger charge is 2.37. The molecule has 1 aromatic carbocycles. The summed E-state index contributed by atoms with van der Waals surface area (Å²) in [6.07, 6.45) is 2.05. The van der Waals surface area contributed by atoms with E-state index in [1.54, 1.807) is 0 Å². The number of benzene rings is 1. The molecule has 2 saturated heterocycles. The normalized spacial score (nSPS) is 25.0. The molecule has 144 valence electrons. The molecule has 0 aliphatic carbocycles. The molecule has 1 N–H and O–H groups in total. The van der Waals surface area contributed by atoms with Crippen molar-refractivity contribution in [1.82, 2.24) is 15.1 Å². The van der Waals surface area contributed by atoms with Gasteiger partial charge in [0.25, 0.3) is 5.91 Å². The minimum absolute atomic E-state index is 0.00520. The van der Waals surface area contributed by atoms with Gasteiger partial charge in [-0.1, -0.05) is 11.6 Å². The number of hydrogen-bond donors (Lipinski definition) is 1. The van der Waals surface area contributed by atoms with Crippen molar-refractivity contribution in [3.63, 3.8) is 0 Å². The summed E-state index contributed by atoms with van der Waals surface area (Å²) in [7, 11) is 4.07. The zero-order chi connectivity index (χ0) is 18.7. The van der Waals surface area contributed by atoms with Crippen molar-refractivity contribution in [3.05, 3.63) is 34.6 Å². The van der Waals surface area contributed by atoms with E-state index < -0.39 is 11.7 Å². The third-order valence-electron chi connectivity index (χ3n) is 5.27. The van der Waals surface area contributed by atoms with E-state index in [4.69, 9.17) is 16.3 Å². The van der Waals surface area contributed by atoms with E-state index in [0.29, 0.717) is 17.0 Å². The number of amides is 1. The van der Waals surface area contributed by atoms with Crippen molar-refractivity contribution in [2.45, 2.75) is 24.9 Å². The van der Waals surface area contributed by atoms with Crippen LogP contribution in [0.5, 0.6) is 0 Å². The maximum atomic E-state index is 14.0. The minimum atomic E-state index is -0.546. The summed E-state index contributed by atoms with van der Waals surface area (Å²) >= 11 is 5.93. The Kier molecular flexibility index (Phi) is 6.51. The van der Waals surface area contributed by atoms with Gasteiger partial charge in [-0.2, -0.15) is 0 Å². The second kappa shape index (κ2) is 8.65. The average molecular weight is 384 g/mol. The number of halogens is 2. The Labute approximate surface area is 159 Å². The molecule has 0 aromatic heterocycles. The Balaban J connectivity index is 1.70. The number of carbonyl (C=O) groups excluding carboxylic acids is 1. The van der Waals surface area contributed by atoms with E-state index in [0.717, 1.165) is 45.7 Å². The Morgan fingerprint density at radius 2 is 2.08 bits per heavy atom. The highest BCUT2D eigenvalue weighted by Crippen LogP contribution is 2.25. The van der Waals surface area contributed by atoms with Crippen LogP contribution in [0, 0.1) is 11.7 Å². The van der Waals surface area contributed by atoms with Crippen LogP contribution in [0.3, 0.4) is 0 Å². The average Bonchev–Trinajstić information content (AvgIpc) is 2.99. The topological polar surface area (TPSA) is 44.8 Å². The number of hydrogen-bond acceptors (Lipinski definition) is 4. The van der Waals surface area contributed by atoms with E-state index in [1.165, 1.54) is 18.2 Å². The van der Waals surface area contributed by atoms with Gasteiger partial charge in [0.2, 0.25) is 0 Å². The molecule has 2 heterocycles. The number of nitrogens with zero attached hydrogens (tertiary/aromatic N) is 2. The zero-order valence-electron chi connectivity index (χ0n) is 15.4. The van der Waals surface area contributed by atoms with Crippen LogP contribution in [-0.4, -0.2) is 74.7 Å². The SMILES string of the molecule is CN(C)C[C@@H]1CN(C2CCOCC2)C[C@H]1NC(=O)c1cc(Cl)ccc1F. The number of rotatable bonds is 5. The lowest BCUT2D eigenvalue weighted by Crippen LogP contribution is -2.44. The second-order valence-electron chi connectivity index (χ2n) is 7.52. The van der Waals surface area contributed by atoms with Crippen molar-refractivity contribution in [1.29, 1.82) is 0 Å². The lowest BCUT2D eigenvalue weighted by molar-refractivity contribution is 0.0403. The molecule has 0 bridgehead atoms. The van der Waals surface area contributed by atoms with Gasteiger partial charge in [0.05, 0.1) is 5.56 Å². The largest absolute Gasteiger partial charge is 0.381 e. The van der Waals surface area contributed by atoms with E-state index in [1.807, 2.05) is 14.1 Å². The van der Waals surface area contributed by atoms with E-state index in [2.05, 4.69) is 15.1 Å². The van der Waals surface area contributed by atoms with Gasteiger partial charge in [0.15, 0.2) is 0 Å². The van der Waals surface area contributed by atoms with Crippen LogP contribution >= 0.6 is 11.6 Å². The number of likely N-dealkylation sites (tertiary alicyclic amines) is 1. The first kappa shape index (κ1) is 19.5. The van der Waals surface area contributed by atoms with Gasteiger partial charge in [-0.3, -0.25) is 9.69 Å². The fraction of sp³-hybridized carbons (Fsp3) is 0.632. The summed E-state index contributed by atoms with van der Waals surface area (Å²) in [6, 6.07) is 4.56. The summed E-state index contributed by atoms with van der Waals surface area (Å²) < 4.78 is 19.5. The Hall–Kier alpha value is -1.21. The van der Waals surface area contributed by atoms with Crippen LogP contribution in [-0.2, 0) is 4.74 Å². The summed E-state index contributed by atoms with van der Waals surface area (Å²) in [4.78, 5) is 17.2. The van der Waals surface area contributed by atoms with Gasteiger partial charge < -0.3 is 15.0 Å². The van der Waals surface area contributed by atoms with Crippen LogP contribution < -0.4 is 5.32 Å². The van der Waals surface area contributed by atoms with Crippen molar-refractivity contribution in [2.75, 3.05) is 46.9 Å². The maximum Gasteiger partial charge on any atom is 0.254 e. The highest BCUT2D eigenvalue weighted by molar-refractivity contribution is 6.31. The molecule has 3 rings (SSSR count). The molecule has 2 aliphatic heterocycles. The van der Waals surface area contributed by atoms with E-state index >= 15 is 0 Å². The smallest absolute Gasteiger partial charge is 0.254 e. The number of nitrogens with one attached hydrogen (secondary N) is 1. The Morgan fingerprint density at radius 1 is 1.35 bits per heavy atom. The summed E-state index contributed by atoms with van der Waals surface area (Å²) in [5.74, 6) is -0.637. The predicted octanol–water partition coefficient (Wildman–Crippen LogP) is 2.25. The van der Waals surface area contributed by atoms with Crippen molar-refractivity contribution in [2.24, 2.45) is 5.92 Å². The van der Waals surface area contributed by atoms with Gasteiger partial charge in [-0.25, -0.2) is 4.39 Å². The van der Waals surface area contributed by atoms with Crippen LogP contribution in [0.25, 0.3) is 0 Å². The predicted molar refractivity (Wildman–Crippen MR) is 100 cm³/mol. The minimum Gasteiger partial charge on any atom is -0.381 e. The summed E-state index contributed by atoms with van der Waals surface area (Å²) in [5.41, 5.74) is 0.00520. The molecule has 0 unspecified atom stereocenters. The highest BCUT2D eigenvalue weighted by atomic mass is 35.5. The first-order valence-electron chi connectivity index (χ1n) is 9.16. The fourth-order valence-electron chi connectivity index (χ4n) is 3.99. The van der Waals surface area contributed by atoms with Crippen LogP contribution in [0.1, 0.15) is 23.2 Å². The lowest BCUT2D eigenvalue weighted by atomic mass is 10.0. The number of carbonyl (C=O) groups is 1. The third-order valence-corrected chi connectivity index (χ3v) is 5.50. The van der Waals surface area contributed by atoms with E-state index in [-0.39, 0.29) is 11.6 Å². The van der Waals surface area contributed by atoms with Gasteiger partial charge >= 0.3 is 0 Å². The monoisotopic (exact) mass is 383 g/mol. The van der Waals surface area contributed by atoms with Gasteiger partial charge in [0, 0.05) is 55.9 Å². The second-order valence-corrected chi connectivity index (χ2v) is 7.96. The van der Waals surface area contributed by atoms with Crippen LogP contribution in [0.4, 0.5) is 4.39 Å². The molecule has 2 fully saturated rings. The molecule has 0 spiro atoms. The molecule has 5 nitrogen and oxygen atoms in total. The molecule has 0 radical (unpaired) electrons. The van der Waals surface area contributed by atoms with Crippen LogP contribution in [0.2, 0.25) is 5.02 Å². The first-order chi connectivity index (χ1) is 12.4. The quantitative estimate of drug-likeness (QED) is 0.847. The third kappa shape index (κ3) is 4.74. The maximum absolute atomic E-state index is 14.0. The zero-order valence-corrected chi connectivity index (χ0v) is 16.1. The molecule has 2 atom stereocenters. The van der Waals surface area contributed by atoms with Crippen molar-refractivity contribution >= 4 is 17.5 Å². The molecular weight excluding hydrogens is 357 g/mol. The van der Waals surface area contributed by atoms with Gasteiger partial charge in [-0.05, 0) is 45.1 Å². The molecule has 1 amide bonds. The molecule has 0 saturated carbocycles. The van der Waals surface area contributed by atoms with Gasteiger partial charge in [-0.15, -0.1) is 0 Å². The Morgan fingerprint density at radius 3 is 2.77 bits per heavy atom. The van der Waals surface area contributed by atoms with Crippen LogP contribution in [0.15, 0.2) is 18.2 Å². The fourth-order valence-corrected chi connectivity index (χ4v) is 4.16. The van der Waals surface area contributed by atoms with Crippen molar-refractivity contribution < 1.29 is 13.9 Å². The summed E-state index contributed by atoms with van der Waals surface area (Å²) in [5, 5.41) is 3.41.